The lowest BCUT2D eigenvalue weighted by molar-refractivity contribution is -0.136. The van der Waals surface area contributed by atoms with Gasteiger partial charge in [-0.3, -0.25) is 4.79 Å². The third kappa shape index (κ3) is 3.59. The van der Waals surface area contributed by atoms with Crippen LogP contribution in [0.3, 0.4) is 0 Å². The molecular weight excluding hydrogens is 425 g/mol. The fraction of sp³-hybridized carbons (Fsp3) is 0.217. The minimum absolute atomic E-state index is 0.0359. The molecule has 2 aromatic rings. The van der Waals surface area contributed by atoms with E-state index in [9.17, 15) is 9.59 Å². The molecule has 0 spiro atoms. The summed E-state index contributed by atoms with van der Waals surface area (Å²) in [6.07, 6.45) is 0.782. The van der Waals surface area contributed by atoms with Crippen molar-refractivity contribution in [3.63, 3.8) is 0 Å². The van der Waals surface area contributed by atoms with Crippen LogP contribution >= 0.6 is 23.2 Å². The lowest BCUT2D eigenvalue weighted by Crippen LogP contribution is -2.33. The number of carbonyl (C=O) groups is 2. The highest BCUT2D eigenvalue weighted by molar-refractivity contribution is 6.35. The smallest absolute Gasteiger partial charge is 0.340 e. The zero-order valence-corrected chi connectivity index (χ0v) is 17.7. The SMILES string of the molecule is COC(=O)C1=C(N)OC2=C(C(=O)C[C@H](c3ccccc3)C2)[C@H]1c1ccc(Cl)cc1Cl. The van der Waals surface area contributed by atoms with Crippen molar-refractivity contribution < 1.29 is 19.1 Å². The summed E-state index contributed by atoms with van der Waals surface area (Å²) >= 11 is 12.5. The summed E-state index contributed by atoms with van der Waals surface area (Å²) < 4.78 is 10.7. The van der Waals surface area contributed by atoms with Crippen LogP contribution in [0.15, 0.2) is 71.3 Å². The first-order chi connectivity index (χ1) is 14.4. The molecule has 2 aliphatic rings. The number of rotatable bonds is 3. The van der Waals surface area contributed by atoms with Gasteiger partial charge in [0, 0.05) is 28.5 Å². The number of carbonyl (C=O) groups excluding carboxylic acids is 2. The highest BCUT2D eigenvalue weighted by atomic mass is 35.5. The Bertz CT molecular complexity index is 1090. The van der Waals surface area contributed by atoms with E-state index < -0.39 is 11.9 Å². The maximum Gasteiger partial charge on any atom is 0.340 e. The number of hydrogen-bond donors (Lipinski definition) is 1. The van der Waals surface area contributed by atoms with Gasteiger partial charge in [-0.15, -0.1) is 0 Å². The van der Waals surface area contributed by atoms with Crippen LogP contribution in [-0.2, 0) is 19.1 Å². The van der Waals surface area contributed by atoms with E-state index in [1.807, 2.05) is 30.3 Å². The van der Waals surface area contributed by atoms with Crippen molar-refractivity contribution in [2.24, 2.45) is 5.73 Å². The van der Waals surface area contributed by atoms with Crippen LogP contribution in [0.2, 0.25) is 10.0 Å². The maximum absolute atomic E-state index is 13.3. The summed E-state index contributed by atoms with van der Waals surface area (Å²) in [5.74, 6) is -1.23. The Morgan fingerprint density at radius 2 is 1.87 bits per heavy atom. The number of hydrogen-bond acceptors (Lipinski definition) is 5. The average molecular weight is 444 g/mol. The third-order valence-electron chi connectivity index (χ3n) is 5.49. The Hall–Kier alpha value is -2.76. The summed E-state index contributed by atoms with van der Waals surface area (Å²) in [7, 11) is 1.25. The van der Waals surface area contributed by atoms with Crippen molar-refractivity contribution >= 4 is 35.0 Å². The molecule has 7 heteroatoms. The molecule has 0 aromatic heterocycles. The van der Waals surface area contributed by atoms with Crippen molar-refractivity contribution in [2.75, 3.05) is 7.11 Å². The molecule has 1 aliphatic heterocycles. The zero-order valence-electron chi connectivity index (χ0n) is 16.2. The Morgan fingerprint density at radius 1 is 1.13 bits per heavy atom. The van der Waals surface area contributed by atoms with Crippen LogP contribution in [0.5, 0.6) is 0 Å². The van der Waals surface area contributed by atoms with E-state index in [2.05, 4.69) is 0 Å². The number of halogens is 2. The second kappa shape index (κ2) is 8.17. The van der Waals surface area contributed by atoms with Gasteiger partial charge in [0.15, 0.2) is 5.78 Å². The molecule has 0 saturated carbocycles. The van der Waals surface area contributed by atoms with E-state index in [0.717, 1.165) is 5.56 Å². The minimum atomic E-state index is -0.782. The van der Waals surface area contributed by atoms with Crippen LogP contribution in [-0.4, -0.2) is 18.9 Å². The van der Waals surface area contributed by atoms with Crippen molar-refractivity contribution in [2.45, 2.75) is 24.7 Å². The average Bonchev–Trinajstić information content (AvgIpc) is 2.73. The standard InChI is InChI=1S/C23H19Cl2NO4/c1-29-23(28)21-19(15-8-7-14(24)11-16(15)25)20-17(27)9-13(10-18(20)30-22(21)26)12-5-3-2-4-6-12/h2-8,11,13,19H,9-10,26H2,1H3/t13-,19+/m0/s1. The number of benzene rings is 2. The van der Waals surface area contributed by atoms with Crippen molar-refractivity contribution in [3.8, 4) is 0 Å². The summed E-state index contributed by atoms with van der Waals surface area (Å²) in [5, 5.41) is 0.772. The predicted molar refractivity (Wildman–Crippen MR) is 114 cm³/mol. The number of ether oxygens (including phenoxy) is 2. The van der Waals surface area contributed by atoms with Crippen molar-refractivity contribution in [3.05, 3.63) is 92.5 Å². The summed E-state index contributed by atoms with van der Waals surface area (Å²) in [5.41, 5.74) is 8.19. The van der Waals surface area contributed by atoms with Crippen molar-refractivity contribution in [1.29, 1.82) is 0 Å². The highest BCUT2D eigenvalue weighted by Crippen LogP contribution is 2.48. The molecule has 0 radical (unpaired) electrons. The first-order valence-corrected chi connectivity index (χ1v) is 10.2. The first kappa shape index (κ1) is 20.5. The van der Waals surface area contributed by atoms with Crippen LogP contribution in [0.1, 0.15) is 35.8 Å². The molecule has 30 heavy (non-hydrogen) atoms. The summed E-state index contributed by atoms with van der Waals surface area (Å²) in [4.78, 5) is 25.9. The zero-order chi connectivity index (χ0) is 21.4. The Labute approximate surface area is 184 Å². The molecule has 154 valence electrons. The number of allylic oxidation sites excluding steroid dienone is 2. The van der Waals surface area contributed by atoms with Crippen LogP contribution in [0.4, 0.5) is 0 Å². The van der Waals surface area contributed by atoms with E-state index in [4.69, 9.17) is 38.4 Å². The predicted octanol–water partition coefficient (Wildman–Crippen LogP) is 4.85. The minimum Gasteiger partial charge on any atom is -0.465 e. The van der Waals surface area contributed by atoms with Gasteiger partial charge in [-0.2, -0.15) is 0 Å². The van der Waals surface area contributed by atoms with Gasteiger partial charge < -0.3 is 15.2 Å². The van der Waals surface area contributed by atoms with Gasteiger partial charge in [0.2, 0.25) is 5.88 Å². The van der Waals surface area contributed by atoms with E-state index in [1.165, 1.54) is 7.11 Å². The summed E-state index contributed by atoms with van der Waals surface area (Å²) in [6.45, 7) is 0. The molecule has 2 atom stereocenters. The third-order valence-corrected chi connectivity index (χ3v) is 6.05. The second-order valence-electron chi connectivity index (χ2n) is 7.25. The Morgan fingerprint density at radius 3 is 2.53 bits per heavy atom. The second-order valence-corrected chi connectivity index (χ2v) is 8.09. The molecule has 0 amide bonds. The molecule has 0 saturated heterocycles. The van der Waals surface area contributed by atoms with Crippen LogP contribution < -0.4 is 5.73 Å². The monoisotopic (exact) mass is 443 g/mol. The van der Waals surface area contributed by atoms with Gasteiger partial charge in [0.1, 0.15) is 11.3 Å². The number of esters is 1. The number of Topliss-reactive ketones (excluding diaryl/α,β-unsaturated/α-hetero) is 1. The van der Waals surface area contributed by atoms with Gasteiger partial charge in [-0.1, -0.05) is 59.6 Å². The van der Waals surface area contributed by atoms with E-state index in [1.54, 1.807) is 18.2 Å². The normalized spacial score (nSPS) is 21.2. The molecule has 1 heterocycles. The molecule has 0 bridgehead atoms. The Kier molecular flexibility index (Phi) is 5.58. The molecule has 4 rings (SSSR count). The molecule has 1 aliphatic carbocycles. The highest BCUT2D eigenvalue weighted by Gasteiger charge is 2.43. The van der Waals surface area contributed by atoms with Gasteiger partial charge in [-0.25, -0.2) is 4.79 Å². The van der Waals surface area contributed by atoms with Crippen LogP contribution in [0, 0.1) is 0 Å². The largest absolute Gasteiger partial charge is 0.465 e. The van der Waals surface area contributed by atoms with Gasteiger partial charge >= 0.3 is 5.97 Å². The van der Waals surface area contributed by atoms with Gasteiger partial charge in [0.25, 0.3) is 0 Å². The first-order valence-electron chi connectivity index (χ1n) is 9.42. The lowest BCUT2D eigenvalue weighted by Gasteiger charge is -2.35. The maximum atomic E-state index is 13.3. The number of ketones is 1. The molecule has 0 unspecified atom stereocenters. The van der Waals surface area contributed by atoms with E-state index in [0.29, 0.717) is 39.8 Å². The van der Waals surface area contributed by atoms with Gasteiger partial charge in [-0.05, 0) is 29.2 Å². The molecule has 2 N–H and O–H groups in total. The lowest BCUT2D eigenvalue weighted by atomic mass is 9.73. The molecule has 0 fully saturated rings. The van der Waals surface area contributed by atoms with Crippen molar-refractivity contribution in [1.82, 2.24) is 0 Å². The van der Waals surface area contributed by atoms with E-state index >= 15 is 0 Å². The van der Waals surface area contributed by atoms with Crippen LogP contribution in [0.25, 0.3) is 0 Å². The van der Waals surface area contributed by atoms with E-state index in [-0.39, 0.29) is 23.2 Å². The molecule has 2 aromatic carbocycles. The molecule has 5 nitrogen and oxygen atoms in total. The number of nitrogens with two attached hydrogens (primary N) is 1. The summed E-state index contributed by atoms with van der Waals surface area (Å²) in [6, 6.07) is 14.7. The topological polar surface area (TPSA) is 78.6 Å². The Balaban J connectivity index is 1.85. The number of methoxy groups -OCH3 is 1. The van der Waals surface area contributed by atoms with Gasteiger partial charge in [0.05, 0.1) is 13.0 Å². The molecular formula is C23H19Cl2NO4. The quantitative estimate of drug-likeness (QED) is 0.685. The fourth-order valence-corrected chi connectivity index (χ4v) is 4.64. The fourth-order valence-electron chi connectivity index (χ4n) is 4.12.